The summed E-state index contributed by atoms with van der Waals surface area (Å²) in [5.74, 6) is 0.475. The first-order valence-corrected chi connectivity index (χ1v) is 6.27. The number of amides is 1. The van der Waals surface area contributed by atoms with E-state index in [1.165, 1.54) is 0 Å². The van der Waals surface area contributed by atoms with Crippen LogP contribution in [0.2, 0.25) is 5.31 Å². The summed E-state index contributed by atoms with van der Waals surface area (Å²) < 4.78 is -0.0175. The van der Waals surface area contributed by atoms with Gasteiger partial charge in [0.25, 0.3) is 3.91 Å². The molecule has 1 N–H and O–H groups in total. The molecule has 0 bridgehead atoms. The lowest BCUT2D eigenvalue weighted by Gasteiger charge is -2.19. The zero-order valence-corrected chi connectivity index (χ0v) is 10.8. The molecule has 1 rings (SSSR count). The zero-order valence-electron chi connectivity index (χ0n) is 8.63. The Balaban J connectivity index is 2.40. The third-order valence-electron chi connectivity index (χ3n) is 2.99. The van der Waals surface area contributed by atoms with Crippen molar-refractivity contribution in [1.29, 1.82) is 5.26 Å². The summed E-state index contributed by atoms with van der Waals surface area (Å²) in [4.78, 5) is 10.8. The van der Waals surface area contributed by atoms with Crippen LogP contribution in [-0.4, -0.2) is 18.3 Å². The van der Waals surface area contributed by atoms with Crippen molar-refractivity contribution in [2.45, 2.75) is 37.4 Å². The van der Waals surface area contributed by atoms with E-state index in [9.17, 15) is 4.79 Å². The number of hydrogen-bond acceptors (Lipinski definition) is 2. The summed E-state index contributed by atoms with van der Waals surface area (Å²) in [6, 6.07) is 2.19. The van der Waals surface area contributed by atoms with Crippen molar-refractivity contribution in [3.05, 3.63) is 0 Å². The lowest BCUT2D eigenvalue weighted by Crippen LogP contribution is -2.24. The first-order chi connectivity index (χ1) is 7.06. The predicted molar refractivity (Wildman–Crippen MR) is 68.1 cm³/mol. The van der Waals surface area contributed by atoms with Crippen molar-refractivity contribution in [3.63, 3.8) is 0 Å². The number of carbonyl (C=O) groups is 1. The topological polar surface area (TPSA) is 52.9 Å². The molecule has 1 fully saturated rings. The number of nitriles is 1. The highest BCUT2D eigenvalue weighted by Gasteiger charge is 2.27. The largest absolute Gasteiger partial charge is 0.347 e. The molecule has 0 aromatic rings. The number of rotatable bonds is 2. The van der Waals surface area contributed by atoms with Crippen molar-refractivity contribution in [3.8, 4) is 6.07 Å². The molecule has 5 heteroatoms. The van der Waals surface area contributed by atoms with Crippen molar-refractivity contribution in [2.24, 2.45) is 5.92 Å². The van der Waals surface area contributed by atoms with Gasteiger partial charge in [-0.2, -0.15) is 5.26 Å². The highest BCUT2D eigenvalue weighted by molar-refractivity contribution is 14.1. The Morgan fingerprint density at radius 2 is 2.33 bits per heavy atom. The highest BCUT2D eigenvalue weighted by atomic mass is 127. The van der Waals surface area contributed by atoms with Gasteiger partial charge < -0.3 is 5.32 Å². The molecule has 0 aliphatic heterocycles. The average Bonchev–Trinajstić information content (AvgIpc) is 2.38. The van der Waals surface area contributed by atoms with Gasteiger partial charge in [0.15, 0.2) is 0 Å². The van der Waals surface area contributed by atoms with E-state index in [1.54, 1.807) is 22.6 Å². The molecule has 2 radical (unpaired) electrons. The van der Waals surface area contributed by atoms with Crippen molar-refractivity contribution < 1.29 is 4.79 Å². The molecular weight excluding hydrogens is 302 g/mol. The molecule has 0 spiro atoms. The molecule has 0 heterocycles. The van der Waals surface area contributed by atoms with E-state index in [0.717, 1.165) is 32.1 Å². The molecule has 3 nitrogen and oxygen atoms in total. The van der Waals surface area contributed by atoms with Crippen LogP contribution in [0.4, 0.5) is 4.79 Å². The Morgan fingerprint density at radius 3 is 2.93 bits per heavy atom. The Labute approximate surface area is 106 Å². The normalized spacial score (nSPS) is 31.3. The van der Waals surface area contributed by atoms with Crippen LogP contribution < -0.4 is 5.32 Å². The highest BCUT2D eigenvalue weighted by Crippen LogP contribution is 2.39. The quantitative estimate of drug-likeness (QED) is 0.280. The van der Waals surface area contributed by atoms with Gasteiger partial charge in [-0.25, -0.2) is 0 Å². The Bertz CT molecular complexity index is 279. The number of nitrogens with zero attached hydrogens (tertiary/aromatic N) is 1. The molecule has 1 amide bonds. The van der Waals surface area contributed by atoms with Crippen LogP contribution in [0.5, 0.6) is 0 Å². The van der Waals surface area contributed by atoms with E-state index in [4.69, 9.17) is 13.1 Å². The first-order valence-electron chi connectivity index (χ1n) is 5.19. The molecule has 2 atom stereocenters. The monoisotopic (exact) mass is 316 g/mol. The SMILES string of the molecule is [B]C1(C#N)CCCC(CNC(=O)I)CC1. The van der Waals surface area contributed by atoms with Gasteiger partial charge in [-0.1, -0.05) is 6.42 Å². The molecule has 1 aliphatic rings. The van der Waals surface area contributed by atoms with Crippen LogP contribution in [-0.2, 0) is 0 Å². The maximum absolute atomic E-state index is 10.8. The summed E-state index contributed by atoms with van der Waals surface area (Å²) in [6.07, 6.45) is 4.48. The average molecular weight is 316 g/mol. The van der Waals surface area contributed by atoms with Crippen LogP contribution in [0, 0.1) is 17.2 Å². The molecule has 0 saturated heterocycles. The molecule has 15 heavy (non-hydrogen) atoms. The van der Waals surface area contributed by atoms with E-state index < -0.39 is 5.31 Å². The Kier molecular flexibility index (Phi) is 4.90. The van der Waals surface area contributed by atoms with E-state index in [0.29, 0.717) is 12.5 Å². The number of nitrogens with one attached hydrogen (secondary N) is 1. The van der Waals surface area contributed by atoms with Crippen LogP contribution in [0.25, 0.3) is 0 Å². The third kappa shape index (κ3) is 4.41. The van der Waals surface area contributed by atoms with Crippen LogP contribution >= 0.6 is 22.6 Å². The minimum absolute atomic E-state index is 0.0175. The van der Waals surface area contributed by atoms with Crippen LogP contribution in [0.1, 0.15) is 32.1 Å². The molecule has 1 saturated carbocycles. The fourth-order valence-corrected chi connectivity index (χ4v) is 2.20. The molecule has 80 valence electrons. The van der Waals surface area contributed by atoms with Crippen LogP contribution in [0.3, 0.4) is 0 Å². The minimum Gasteiger partial charge on any atom is -0.347 e. The minimum atomic E-state index is -0.636. The standard InChI is InChI=1S/C10H14BIN2O/c11-10(7-13)4-1-2-8(3-5-10)6-14-9(12)15/h8H,1-6H2,(H,14,15). The maximum atomic E-state index is 10.8. The Hall–Kier alpha value is -0.245. The number of carbonyl (C=O) groups excluding carboxylic acids is 1. The summed E-state index contributed by atoms with van der Waals surface area (Å²) in [7, 11) is 5.93. The molecule has 1 aliphatic carbocycles. The van der Waals surface area contributed by atoms with Gasteiger partial charge in [0, 0.05) is 34.4 Å². The second-order valence-electron chi connectivity index (χ2n) is 4.22. The summed E-state index contributed by atoms with van der Waals surface area (Å²) in [5, 5.41) is 11.1. The predicted octanol–water partition coefficient (Wildman–Crippen LogP) is 2.56. The van der Waals surface area contributed by atoms with Gasteiger partial charge in [-0.15, -0.1) is 0 Å². The number of halogens is 1. The third-order valence-corrected chi connectivity index (χ3v) is 3.37. The summed E-state index contributed by atoms with van der Waals surface area (Å²) in [6.45, 7) is 0.712. The maximum Gasteiger partial charge on any atom is 0.280 e. The molecule has 2 unspecified atom stereocenters. The van der Waals surface area contributed by atoms with E-state index >= 15 is 0 Å². The van der Waals surface area contributed by atoms with Gasteiger partial charge in [-0.05, 0) is 31.6 Å². The lowest BCUT2D eigenvalue weighted by atomic mass is 9.65. The molecular formula is C10H14BIN2O. The van der Waals surface area contributed by atoms with Gasteiger partial charge in [-0.3, -0.25) is 4.79 Å². The molecule has 0 aromatic heterocycles. The van der Waals surface area contributed by atoms with Crippen LogP contribution in [0.15, 0.2) is 0 Å². The second-order valence-corrected chi connectivity index (χ2v) is 5.20. The molecule has 0 aromatic carbocycles. The lowest BCUT2D eigenvalue weighted by molar-refractivity contribution is 0.260. The fraction of sp³-hybridized carbons (Fsp3) is 0.800. The van der Waals surface area contributed by atoms with Crippen molar-refractivity contribution in [2.75, 3.05) is 6.54 Å². The van der Waals surface area contributed by atoms with E-state index in [-0.39, 0.29) is 3.91 Å². The first kappa shape index (κ1) is 12.8. The van der Waals surface area contributed by atoms with Gasteiger partial charge in [0.1, 0.15) is 0 Å². The van der Waals surface area contributed by atoms with Gasteiger partial charge in [0.05, 0.1) is 13.9 Å². The second kappa shape index (κ2) is 5.73. The van der Waals surface area contributed by atoms with E-state index in [1.807, 2.05) is 0 Å². The Morgan fingerprint density at radius 1 is 1.60 bits per heavy atom. The van der Waals surface area contributed by atoms with Gasteiger partial charge in [0.2, 0.25) is 0 Å². The zero-order chi connectivity index (χ0) is 11.3. The van der Waals surface area contributed by atoms with Crippen molar-refractivity contribution >= 4 is 34.4 Å². The fourth-order valence-electron chi connectivity index (χ4n) is 1.98. The smallest absolute Gasteiger partial charge is 0.280 e. The van der Waals surface area contributed by atoms with Crippen molar-refractivity contribution in [1.82, 2.24) is 5.32 Å². The summed E-state index contributed by atoms with van der Waals surface area (Å²) >= 11 is 1.74. The summed E-state index contributed by atoms with van der Waals surface area (Å²) in [5.41, 5.74) is 0. The van der Waals surface area contributed by atoms with E-state index in [2.05, 4.69) is 11.4 Å². The van der Waals surface area contributed by atoms with Gasteiger partial charge >= 0.3 is 0 Å². The number of hydrogen-bond donors (Lipinski definition) is 1.